The summed E-state index contributed by atoms with van der Waals surface area (Å²) >= 11 is 0. The van der Waals surface area contributed by atoms with Crippen molar-refractivity contribution >= 4 is 33.1 Å². The quantitative estimate of drug-likeness (QED) is 0.510. The van der Waals surface area contributed by atoms with Gasteiger partial charge in [0.2, 0.25) is 0 Å². The third kappa shape index (κ3) is 5.49. The topological polar surface area (TPSA) is 102 Å². The molecule has 0 aromatic heterocycles. The van der Waals surface area contributed by atoms with Crippen LogP contribution in [0.15, 0.2) is 77.7 Å². The number of hydrogen-bond acceptors (Lipinski definition) is 5. The third-order valence-electron chi connectivity index (χ3n) is 4.37. The Kier molecular flexibility index (Phi) is 6.71. The average Bonchev–Trinajstić information content (AvgIpc) is 2.75. The van der Waals surface area contributed by atoms with E-state index in [1.165, 1.54) is 37.3 Å². The van der Waals surface area contributed by atoms with Crippen molar-refractivity contribution in [3.05, 3.63) is 83.9 Å². The first kappa shape index (κ1) is 22.0. The number of Topliss-reactive ketones (excluding diaryl/α,β-unsaturated/α-hetero) is 1. The maximum Gasteiger partial charge on any atom is 0.261 e. The van der Waals surface area contributed by atoms with Crippen LogP contribution in [0.25, 0.3) is 0 Å². The Morgan fingerprint density at radius 3 is 2.32 bits per heavy atom. The van der Waals surface area contributed by atoms with Crippen LogP contribution in [-0.2, 0) is 10.0 Å². The first-order chi connectivity index (χ1) is 14.8. The molecule has 0 aliphatic carbocycles. The van der Waals surface area contributed by atoms with Crippen LogP contribution in [0.4, 0.5) is 11.4 Å². The second-order valence-corrected chi connectivity index (χ2v) is 8.34. The Morgan fingerprint density at radius 2 is 1.65 bits per heavy atom. The highest BCUT2D eigenvalue weighted by molar-refractivity contribution is 7.92. The van der Waals surface area contributed by atoms with Crippen LogP contribution in [0, 0.1) is 0 Å². The molecule has 1 amide bonds. The number of nitrogens with one attached hydrogen (secondary N) is 2. The number of ketones is 1. The molecular formula is C23H22N2O5S. The van der Waals surface area contributed by atoms with Gasteiger partial charge in [0.1, 0.15) is 5.75 Å². The Hall–Kier alpha value is -3.65. The minimum atomic E-state index is -3.88. The van der Waals surface area contributed by atoms with Gasteiger partial charge in [0.25, 0.3) is 15.9 Å². The van der Waals surface area contributed by atoms with Crippen LogP contribution in [0.5, 0.6) is 5.75 Å². The van der Waals surface area contributed by atoms with Crippen LogP contribution in [-0.4, -0.2) is 26.7 Å². The first-order valence-corrected chi connectivity index (χ1v) is 11.1. The molecular weight excluding hydrogens is 416 g/mol. The number of amides is 1. The predicted molar refractivity (Wildman–Crippen MR) is 119 cm³/mol. The van der Waals surface area contributed by atoms with Gasteiger partial charge < -0.3 is 10.1 Å². The van der Waals surface area contributed by atoms with Crippen molar-refractivity contribution < 1.29 is 22.7 Å². The molecule has 0 radical (unpaired) electrons. The fraction of sp³-hybridized carbons (Fsp3) is 0.130. The lowest BCUT2D eigenvalue weighted by molar-refractivity contribution is 0.101. The molecule has 0 aliphatic rings. The summed E-state index contributed by atoms with van der Waals surface area (Å²) in [6.07, 6.45) is 0. The van der Waals surface area contributed by atoms with E-state index < -0.39 is 15.9 Å². The average molecular weight is 439 g/mol. The molecule has 160 valence electrons. The highest BCUT2D eigenvalue weighted by Gasteiger charge is 2.18. The summed E-state index contributed by atoms with van der Waals surface area (Å²) in [7, 11) is -3.88. The minimum Gasteiger partial charge on any atom is -0.492 e. The van der Waals surface area contributed by atoms with Gasteiger partial charge >= 0.3 is 0 Å². The Balaban J connectivity index is 1.87. The SMILES string of the molecule is CCOc1ccc(C(C)=O)cc1NC(=O)c1cccc(S(=O)(=O)Nc2ccccc2)c1. The number of para-hydroxylation sites is 1. The van der Waals surface area contributed by atoms with E-state index in [0.717, 1.165) is 0 Å². The van der Waals surface area contributed by atoms with Gasteiger partial charge in [0.15, 0.2) is 5.78 Å². The second-order valence-electron chi connectivity index (χ2n) is 6.65. The molecule has 2 N–H and O–H groups in total. The highest BCUT2D eigenvalue weighted by atomic mass is 32.2. The summed E-state index contributed by atoms with van der Waals surface area (Å²) in [5.41, 5.74) is 1.31. The van der Waals surface area contributed by atoms with Crippen molar-refractivity contribution in [3.63, 3.8) is 0 Å². The van der Waals surface area contributed by atoms with E-state index in [0.29, 0.717) is 29.3 Å². The van der Waals surface area contributed by atoms with E-state index in [1.54, 1.807) is 49.4 Å². The summed E-state index contributed by atoms with van der Waals surface area (Å²) in [5.74, 6) is -0.271. The van der Waals surface area contributed by atoms with Gasteiger partial charge in [-0.25, -0.2) is 8.42 Å². The van der Waals surface area contributed by atoms with Crippen LogP contribution in [0.2, 0.25) is 0 Å². The lowest BCUT2D eigenvalue weighted by Gasteiger charge is -2.13. The Morgan fingerprint density at radius 1 is 0.903 bits per heavy atom. The molecule has 0 aliphatic heterocycles. The molecule has 0 fully saturated rings. The van der Waals surface area contributed by atoms with E-state index in [-0.39, 0.29) is 16.2 Å². The molecule has 0 unspecified atom stereocenters. The fourth-order valence-corrected chi connectivity index (χ4v) is 3.95. The number of sulfonamides is 1. The molecule has 0 atom stereocenters. The van der Waals surface area contributed by atoms with Crippen LogP contribution >= 0.6 is 0 Å². The Labute approximate surface area is 181 Å². The second kappa shape index (κ2) is 9.44. The van der Waals surface area contributed by atoms with Gasteiger partial charge in [-0.1, -0.05) is 24.3 Å². The van der Waals surface area contributed by atoms with Gasteiger partial charge in [-0.2, -0.15) is 0 Å². The number of rotatable bonds is 8. The number of ether oxygens (including phenoxy) is 1. The summed E-state index contributed by atoms with van der Waals surface area (Å²) in [5, 5.41) is 2.70. The molecule has 3 aromatic carbocycles. The molecule has 8 heteroatoms. The zero-order chi connectivity index (χ0) is 22.4. The summed E-state index contributed by atoms with van der Waals surface area (Å²) in [6, 6.07) is 18.9. The largest absolute Gasteiger partial charge is 0.492 e. The zero-order valence-corrected chi connectivity index (χ0v) is 17.9. The normalized spacial score (nSPS) is 10.9. The lowest BCUT2D eigenvalue weighted by atomic mass is 10.1. The molecule has 0 heterocycles. The molecule has 0 saturated carbocycles. The van der Waals surface area contributed by atoms with Gasteiger partial charge in [-0.15, -0.1) is 0 Å². The molecule has 3 rings (SSSR count). The molecule has 0 saturated heterocycles. The molecule has 0 bridgehead atoms. The number of hydrogen-bond donors (Lipinski definition) is 2. The smallest absolute Gasteiger partial charge is 0.261 e. The van der Waals surface area contributed by atoms with Gasteiger partial charge in [0.05, 0.1) is 17.2 Å². The molecule has 31 heavy (non-hydrogen) atoms. The third-order valence-corrected chi connectivity index (χ3v) is 5.75. The monoisotopic (exact) mass is 438 g/mol. The van der Waals surface area contributed by atoms with Crippen molar-refractivity contribution in [2.24, 2.45) is 0 Å². The number of carbonyl (C=O) groups is 2. The maximum atomic E-state index is 12.8. The van der Waals surface area contributed by atoms with Crippen LogP contribution in [0.1, 0.15) is 34.6 Å². The van der Waals surface area contributed by atoms with Gasteiger partial charge in [-0.3, -0.25) is 14.3 Å². The molecule has 7 nitrogen and oxygen atoms in total. The number of anilines is 2. The van der Waals surface area contributed by atoms with Crippen LogP contribution in [0.3, 0.4) is 0 Å². The van der Waals surface area contributed by atoms with Crippen molar-refractivity contribution in [3.8, 4) is 5.75 Å². The standard InChI is InChI=1S/C23H22N2O5S/c1-3-30-22-13-12-17(16(2)26)15-21(22)24-23(27)18-8-7-11-20(14-18)31(28,29)25-19-9-5-4-6-10-19/h4-15,25H,3H2,1-2H3,(H,24,27). The lowest BCUT2D eigenvalue weighted by Crippen LogP contribution is -2.16. The van der Waals surface area contributed by atoms with Crippen molar-refractivity contribution in [1.29, 1.82) is 0 Å². The minimum absolute atomic E-state index is 0.0495. The van der Waals surface area contributed by atoms with E-state index >= 15 is 0 Å². The van der Waals surface area contributed by atoms with Gasteiger partial charge in [-0.05, 0) is 62.4 Å². The van der Waals surface area contributed by atoms with Crippen molar-refractivity contribution in [2.75, 3.05) is 16.6 Å². The van der Waals surface area contributed by atoms with Crippen LogP contribution < -0.4 is 14.8 Å². The van der Waals surface area contributed by atoms with E-state index in [4.69, 9.17) is 4.74 Å². The maximum absolute atomic E-state index is 12.8. The summed E-state index contributed by atoms with van der Waals surface area (Å²) in [6.45, 7) is 3.61. The molecule has 3 aromatic rings. The van der Waals surface area contributed by atoms with E-state index in [9.17, 15) is 18.0 Å². The number of carbonyl (C=O) groups excluding carboxylic acids is 2. The van der Waals surface area contributed by atoms with Crippen molar-refractivity contribution in [1.82, 2.24) is 0 Å². The van der Waals surface area contributed by atoms with E-state index in [2.05, 4.69) is 10.0 Å². The van der Waals surface area contributed by atoms with Crippen molar-refractivity contribution in [2.45, 2.75) is 18.7 Å². The zero-order valence-electron chi connectivity index (χ0n) is 17.1. The Bertz CT molecular complexity index is 1210. The number of benzene rings is 3. The fourth-order valence-electron chi connectivity index (χ4n) is 2.85. The summed E-state index contributed by atoms with van der Waals surface area (Å²) in [4.78, 5) is 24.5. The predicted octanol–water partition coefficient (Wildman–Crippen LogP) is 4.34. The summed E-state index contributed by atoms with van der Waals surface area (Å²) < 4.78 is 33.4. The first-order valence-electron chi connectivity index (χ1n) is 9.57. The highest BCUT2D eigenvalue weighted by Crippen LogP contribution is 2.27. The van der Waals surface area contributed by atoms with Gasteiger partial charge in [0, 0.05) is 16.8 Å². The van der Waals surface area contributed by atoms with E-state index in [1.807, 2.05) is 0 Å². The molecule has 0 spiro atoms.